The summed E-state index contributed by atoms with van der Waals surface area (Å²) in [6, 6.07) is 12.5. The van der Waals surface area contributed by atoms with E-state index in [2.05, 4.69) is 24.0 Å². The quantitative estimate of drug-likeness (QED) is 0.511. The van der Waals surface area contributed by atoms with Gasteiger partial charge in [0.15, 0.2) is 11.0 Å². The van der Waals surface area contributed by atoms with E-state index in [1.54, 1.807) is 19.2 Å². The number of nitrogens with zero attached hydrogens (tertiary/aromatic N) is 3. The number of hydrogen-bond donors (Lipinski definition) is 0. The standard InChI is InChI=1S/C19H19ClFN3OS/c1-12(2)24-18(13-7-9-14(25-3)10-8-13)22-23-19(24)26-11-15-16(20)5-4-6-17(15)21/h4-10,12H,11H2,1-3H3. The first-order valence-electron chi connectivity index (χ1n) is 8.16. The molecule has 1 heterocycles. The first-order valence-corrected chi connectivity index (χ1v) is 9.52. The molecule has 136 valence electrons. The van der Waals surface area contributed by atoms with E-state index in [1.807, 2.05) is 28.8 Å². The van der Waals surface area contributed by atoms with E-state index < -0.39 is 0 Å². The lowest BCUT2D eigenvalue weighted by atomic mass is 10.2. The van der Waals surface area contributed by atoms with Crippen LogP contribution in [0.15, 0.2) is 47.6 Å². The molecule has 4 nitrogen and oxygen atoms in total. The molecular weight excluding hydrogens is 373 g/mol. The van der Waals surface area contributed by atoms with Crippen molar-refractivity contribution >= 4 is 23.4 Å². The van der Waals surface area contributed by atoms with Crippen molar-refractivity contribution in [1.82, 2.24) is 14.8 Å². The maximum Gasteiger partial charge on any atom is 0.192 e. The van der Waals surface area contributed by atoms with E-state index in [4.69, 9.17) is 16.3 Å². The zero-order valence-electron chi connectivity index (χ0n) is 14.7. The summed E-state index contributed by atoms with van der Waals surface area (Å²) in [5.74, 6) is 1.63. The average Bonchev–Trinajstić information content (AvgIpc) is 3.05. The summed E-state index contributed by atoms with van der Waals surface area (Å²) in [7, 11) is 1.63. The SMILES string of the molecule is COc1ccc(-c2nnc(SCc3c(F)cccc3Cl)n2C(C)C)cc1. The number of aromatic nitrogens is 3. The number of ether oxygens (including phenoxy) is 1. The van der Waals surface area contributed by atoms with Crippen molar-refractivity contribution in [2.75, 3.05) is 7.11 Å². The second-order valence-electron chi connectivity index (χ2n) is 5.99. The van der Waals surface area contributed by atoms with Crippen molar-refractivity contribution in [3.8, 4) is 17.1 Å². The molecule has 0 fully saturated rings. The molecule has 2 aromatic carbocycles. The lowest BCUT2D eigenvalue weighted by Crippen LogP contribution is -2.05. The van der Waals surface area contributed by atoms with Gasteiger partial charge in [0, 0.05) is 27.9 Å². The van der Waals surface area contributed by atoms with Crippen molar-refractivity contribution in [2.45, 2.75) is 30.8 Å². The third-order valence-electron chi connectivity index (χ3n) is 3.94. The topological polar surface area (TPSA) is 39.9 Å². The third-order valence-corrected chi connectivity index (χ3v) is 5.26. The Morgan fingerprint density at radius 1 is 1.15 bits per heavy atom. The zero-order chi connectivity index (χ0) is 18.7. The molecule has 0 N–H and O–H groups in total. The van der Waals surface area contributed by atoms with E-state index in [-0.39, 0.29) is 11.9 Å². The fourth-order valence-corrected chi connectivity index (χ4v) is 4.00. The highest BCUT2D eigenvalue weighted by Gasteiger charge is 2.18. The first-order chi connectivity index (χ1) is 12.5. The maximum atomic E-state index is 14.0. The molecule has 7 heteroatoms. The number of hydrogen-bond acceptors (Lipinski definition) is 4. The molecule has 3 rings (SSSR count). The highest BCUT2D eigenvalue weighted by atomic mass is 35.5. The normalized spacial score (nSPS) is 11.2. The monoisotopic (exact) mass is 391 g/mol. The Kier molecular flexibility index (Phi) is 5.84. The van der Waals surface area contributed by atoms with Gasteiger partial charge in [-0.25, -0.2) is 4.39 Å². The Morgan fingerprint density at radius 2 is 1.88 bits per heavy atom. The van der Waals surface area contributed by atoms with Crippen molar-refractivity contribution in [3.05, 3.63) is 58.9 Å². The molecular formula is C19H19ClFN3OS. The molecule has 0 radical (unpaired) electrons. The number of methoxy groups -OCH3 is 1. The van der Waals surface area contributed by atoms with Gasteiger partial charge in [-0.2, -0.15) is 0 Å². The van der Waals surface area contributed by atoms with Crippen LogP contribution in [-0.2, 0) is 5.75 Å². The molecule has 0 atom stereocenters. The molecule has 0 bridgehead atoms. The van der Waals surface area contributed by atoms with Crippen LogP contribution in [0.4, 0.5) is 4.39 Å². The fraction of sp³-hybridized carbons (Fsp3) is 0.263. The van der Waals surface area contributed by atoms with Crippen molar-refractivity contribution < 1.29 is 9.13 Å². The van der Waals surface area contributed by atoms with E-state index in [9.17, 15) is 4.39 Å². The van der Waals surface area contributed by atoms with Gasteiger partial charge in [0.25, 0.3) is 0 Å². The Morgan fingerprint density at radius 3 is 2.50 bits per heavy atom. The van der Waals surface area contributed by atoms with Crippen LogP contribution < -0.4 is 4.74 Å². The minimum absolute atomic E-state index is 0.153. The van der Waals surface area contributed by atoms with Crippen LogP contribution in [0.25, 0.3) is 11.4 Å². The van der Waals surface area contributed by atoms with E-state index in [0.29, 0.717) is 16.3 Å². The van der Waals surface area contributed by atoms with Crippen LogP contribution in [0.2, 0.25) is 5.02 Å². The number of rotatable bonds is 6. The van der Waals surface area contributed by atoms with Gasteiger partial charge in [0.05, 0.1) is 7.11 Å². The molecule has 0 unspecified atom stereocenters. The molecule has 0 aliphatic rings. The Hall–Kier alpha value is -2.05. The Labute approximate surface area is 161 Å². The Balaban J connectivity index is 1.89. The molecule has 3 aromatic rings. The minimum atomic E-state index is -0.309. The number of halogens is 2. The third kappa shape index (κ3) is 3.86. The summed E-state index contributed by atoms with van der Waals surface area (Å²) in [6.45, 7) is 4.13. The van der Waals surface area contributed by atoms with E-state index in [0.717, 1.165) is 22.3 Å². The van der Waals surface area contributed by atoms with Gasteiger partial charge in [-0.3, -0.25) is 4.57 Å². The largest absolute Gasteiger partial charge is 0.497 e. The molecule has 0 saturated heterocycles. The van der Waals surface area contributed by atoms with Crippen molar-refractivity contribution in [1.29, 1.82) is 0 Å². The van der Waals surface area contributed by atoms with E-state index >= 15 is 0 Å². The second kappa shape index (κ2) is 8.10. The second-order valence-corrected chi connectivity index (χ2v) is 7.34. The van der Waals surface area contributed by atoms with E-state index in [1.165, 1.54) is 17.8 Å². The maximum absolute atomic E-state index is 14.0. The molecule has 0 aliphatic heterocycles. The van der Waals surface area contributed by atoms with Crippen molar-refractivity contribution in [2.24, 2.45) is 0 Å². The van der Waals surface area contributed by atoms with Crippen LogP contribution in [0.5, 0.6) is 5.75 Å². The van der Waals surface area contributed by atoms with Crippen LogP contribution >= 0.6 is 23.4 Å². The van der Waals surface area contributed by atoms with Gasteiger partial charge in [-0.15, -0.1) is 10.2 Å². The van der Waals surface area contributed by atoms with Crippen molar-refractivity contribution in [3.63, 3.8) is 0 Å². The van der Waals surface area contributed by atoms with Gasteiger partial charge in [0.2, 0.25) is 0 Å². The smallest absolute Gasteiger partial charge is 0.192 e. The van der Waals surface area contributed by atoms with Crippen LogP contribution in [0.1, 0.15) is 25.5 Å². The summed E-state index contributed by atoms with van der Waals surface area (Å²) >= 11 is 7.54. The lowest BCUT2D eigenvalue weighted by molar-refractivity contribution is 0.415. The molecule has 1 aromatic heterocycles. The highest BCUT2D eigenvalue weighted by molar-refractivity contribution is 7.98. The van der Waals surface area contributed by atoms with Crippen LogP contribution in [0, 0.1) is 5.82 Å². The molecule has 0 aliphatic carbocycles. The summed E-state index contributed by atoms with van der Waals surface area (Å²) in [4.78, 5) is 0. The predicted octanol–water partition coefficient (Wildman–Crippen LogP) is 5.62. The first kappa shape index (κ1) is 18.7. The van der Waals surface area contributed by atoms with Crippen LogP contribution in [0.3, 0.4) is 0 Å². The van der Waals surface area contributed by atoms with Gasteiger partial charge < -0.3 is 4.74 Å². The molecule has 0 spiro atoms. The highest BCUT2D eigenvalue weighted by Crippen LogP contribution is 2.32. The summed E-state index contributed by atoms with van der Waals surface area (Å²) in [5, 5.41) is 9.80. The number of thioether (sulfide) groups is 1. The summed E-state index contributed by atoms with van der Waals surface area (Å²) < 4.78 is 21.2. The fourth-order valence-electron chi connectivity index (χ4n) is 2.58. The summed E-state index contributed by atoms with van der Waals surface area (Å²) in [5.41, 5.74) is 1.42. The lowest BCUT2D eigenvalue weighted by Gasteiger charge is -2.14. The number of benzene rings is 2. The minimum Gasteiger partial charge on any atom is -0.497 e. The zero-order valence-corrected chi connectivity index (χ0v) is 16.3. The van der Waals surface area contributed by atoms with Gasteiger partial charge >= 0.3 is 0 Å². The van der Waals surface area contributed by atoms with Crippen LogP contribution in [-0.4, -0.2) is 21.9 Å². The predicted molar refractivity (Wildman–Crippen MR) is 103 cm³/mol. The van der Waals surface area contributed by atoms with Gasteiger partial charge in [-0.05, 0) is 50.2 Å². The van der Waals surface area contributed by atoms with Gasteiger partial charge in [-0.1, -0.05) is 29.4 Å². The Bertz CT molecular complexity index is 876. The summed E-state index contributed by atoms with van der Waals surface area (Å²) in [6.07, 6.45) is 0. The van der Waals surface area contributed by atoms with Gasteiger partial charge in [0.1, 0.15) is 11.6 Å². The average molecular weight is 392 g/mol. The molecule has 26 heavy (non-hydrogen) atoms. The molecule has 0 amide bonds. The molecule has 0 saturated carbocycles.